The number of hydrogen-bond donors (Lipinski definition) is 2. The first-order valence-electron chi connectivity index (χ1n) is 5.72. The van der Waals surface area contributed by atoms with Gasteiger partial charge < -0.3 is 19.7 Å². The highest BCUT2D eigenvalue weighted by Crippen LogP contribution is 2.38. The van der Waals surface area contributed by atoms with Crippen molar-refractivity contribution in [3.05, 3.63) is 0 Å². The average molecular weight is 290 g/mol. The predicted molar refractivity (Wildman–Crippen MR) is 64.7 cm³/mol. The lowest BCUT2D eigenvalue weighted by atomic mass is 9.69. The van der Waals surface area contributed by atoms with Crippen molar-refractivity contribution in [3.8, 4) is 0 Å². The number of aliphatic carboxylic acids is 2. The SMILES string of the molecule is COC(=O)CC(C)(C(=O)O)C(C(=O)OC)C(C)C(=O)O. The number of methoxy groups -OCH3 is 2. The van der Waals surface area contributed by atoms with Crippen LogP contribution in [0, 0.1) is 17.3 Å². The van der Waals surface area contributed by atoms with Gasteiger partial charge in [0.2, 0.25) is 0 Å². The van der Waals surface area contributed by atoms with E-state index in [-0.39, 0.29) is 0 Å². The van der Waals surface area contributed by atoms with E-state index in [1.54, 1.807) is 0 Å². The third kappa shape index (κ3) is 3.69. The van der Waals surface area contributed by atoms with E-state index in [2.05, 4.69) is 9.47 Å². The molecule has 8 nitrogen and oxygen atoms in total. The van der Waals surface area contributed by atoms with Crippen molar-refractivity contribution in [2.45, 2.75) is 20.3 Å². The number of hydrogen-bond acceptors (Lipinski definition) is 6. The van der Waals surface area contributed by atoms with Gasteiger partial charge in [0.05, 0.1) is 37.9 Å². The first kappa shape index (κ1) is 17.9. The van der Waals surface area contributed by atoms with Crippen molar-refractivity contribution in [1.82, 2.24) is 0 Å². The van der Waals surface area contributed by atoms with E-state index in [1.807, 2.05) is 0 Å². The van der Waals surface area contributed by atoms with Crippen molar-refractivity contribution >= 4 is 23.9 Å². The highest BCUT2D eigenvalue weighted by molar-refractivity contribution is 5.90. The lowest BCUT2D eigenvalue weighted by Crippen LogP contribution is -2.47. The highest BCUT2D eigenvalue weighted by Gasteiger charge is 2.52. The van der Waals surface area contributed by atoms with Gasteiger partial charge in [0.15, 0.2) is 0 Å². The Labute approximate surface area is 115 Å². The summed E-state index contributed by atoms with van der Waals surface area (Å²) in [7, 11) is 2.09. The van der Waals surface area contributed by atoms with Gasteiger partial charge in [-0.2, -0.15) is 0 Å². The molecule has 0 fully saturated rings. The van der Waals surface area contributed by atoms with Gasteiger partial charge >= 0.3 is 23.9 Å². The van der Waals surface area contributed by atoms with Crippen LogP contribution < -0.4 is 0 Å². The maximum Gasteiger partial charge on any atom is 0.310 e. The molecular weight excluding hydrogens is 272 g/mol. The lowest BCUT2D eigenvalue weighted by Gasteiger charge is -2.33. The van der Waals surface area contributed by atoms with E-state index in [9.17, 15) is 24.3 Å². The summed E-state index contributed by atoms with van der Waals surface area (Å²) in [5.74, 6) is -7.57. The number of carbonyl (C=O) groups is 4. The van der Waals surface area contributed by atoms with Crippen LogP contribution in [0.15, 0.2) is 0 Å². The van der Waals surface area contributed by atoms with Crippen LogP contribution in [0.3, 0.4) is 0 Å². The fraction of sp³-hybridized carbons (Fsp3) is 0.667. The molecule has 2 N–H and O–H groups in total. The molecule has 0 aromatic rings. The zero-order valence-corrected chi connectivity index (χ0v) is 11.7. The smallest absolute Gasteiger partial charge is 0.310 e. The number of rotatable bonds is 7. The molecule has 3 atom stereocenters. The van der Waals surface area contributed by atoms with Crippen LogP contribution in [0.25, 0.3) is 0 Å². The quantitative estimate of drug-likeness (QED) is 0.634. The Bertz CT molecular complexity index is 416. The van der Waals surface area contributed by atoms with E-state index in [0.29, 0.717) is 0 Å². The van der Waals surface area contributed by atoms with Gasteiger partial charge in [-0.3, -0.25) is 19.2 Å². The van der Waals surface area contributed by atoms with Crippen molar-refractivity contribution in [3.63, 3.8) is 0 Å². The molecule has 20 heavy (non-hydrogen) atoms. The molecule has 0 aromatic carbocycles. The molecule has 0 heterocycles. The molecule has 0 saturated carbocycles. The minimum absolute atomic E-state index is 0.643. The van der Waals surface area contributed by atoms with Crippen molar-refractivity contribution in [2.75, 3.05) is 14.2 Å². The van der Waals surface area contributed by atoms with Crippen LogP contribution in [-0.4, -0.2) is 48.3 Å². The van der Waals surface area contributed by atoms with Crippen LogP contribution in [-0.2, 0) is 28.7 Å². The number of esters is 2. The van der Waals surface area contributed by atoms with E-state index < -0.39 is 47.5 Å². The molecule has 0 aliphatic carbocycles. The number of carbonyl (C=O) groups excluding carboxylic acids is 2. The second-order valence-corrected chi connectivity index (χ2v) is 4.60. The fourth-order valence-electron chi connectivity index (χ4n) is 1.98. The molecule has 0 radical (unpaired) electrons. The highest BCUT2D eigenvalue weighted by atomic mass is 16.5. The van der Waals surface area contributed by atoms with E-state index in [1.165, 1.54) is 6.92 Å². The van der Waals surface area contributed by atoms with Gasteiger partial charge in [-0.25, -0.2) is 0 Å². The average Bonchev–Trinajstić information content (AvgIpc) is 2.37. The Morgan fingerprint density at radius 1 is 1.10 bits per heavy atom. The molecule has 0 saturated heterocycles. The van der Waals surface area contributed by atoms with Crippen LogP contribution in [0.4, 0.5) is 0 Å². The Balaban J connectivity index is 5.76. The summed E-state index contributed by atoms with van der Waals surface area (Å²) in [5.41, 5.74) is -1.95. The summed E-state index contributed by atoms with van der Waals surface area (Å²) < 4.78 is 8.88. The van der Waals surface area contributed by atoms with Crippen molar-refractivity contribution in [1.29, 1.82) is 0 Å². The Kier molecular flexibility index (Phi) is 6.15. The molecule has 0 spiro atoms. The molecule has 0 rings (SSSR count). The molecule has 0 aliphatic heterocycles. The molecule has 8 heteroatoms. The summed E-state index contributed by atoms with van der Waals surface area (Å²) in [6.45, 7) is 2.30. The van der Waals surface area contributed by atoms with Crippen molar-refractivity contribution in [2.24, 2.45) is 17.3 Å². The van der Waals surface area contributed by atoms with Crippen LogP contribution in [0.1, 0.15) is 20.3 Å². The van der Waals surface area contributed by atoms with Crippen molar-refractivity contribution < 1.29 is 38.9 Å². The zero-order chi connectivity index (χ0) is 16.1. The van der Waals surface area contributed by atoms with E-state index in [4.69, 9.17) is 5.11 Å². The third-order valence-corrected chi connectivity index (χ3v) is 3.26. The van der Waals surface area contributed by atoms with Gasteiger partial charge in [-0.1, -0.05) is 6.92 Å². The minimum atomic E-state index is -1.95. The summed E-state index contributed by atoms with van der Waals surface area (Å²) in [4.78, 5) is 45.7. The minimum Gasteiger partial charge on any atom is -0.481 e. The number of carboxylic acid groups (broad SMARTS) is 2. The van der Waals surface area contributed by atoms with Gasteiger partial charge in [0, 0.05) is 0 Å². The van der Waals surface area contributed by atoms with E-state index in [0.717, 1.165) is 21.1 Å². The van der Waals surface area contributed by atoms with Gasteiger partial charge in [0.25, 0.3) is 0 Å². The predicted octanol–water partition coefficient (Wildman–Crippen LogP) is 0.150. The zero-order valence-electron chi connectivity index (χ0n) is 11.7. The number of carboxylic acids is 2. The Morgan fingerprint density at radius 3 is 1.90 bits per heavy atom. The molecule has 0 amide bonds. The van der Waals surface area contributed by atoms with E-state index >= 15 is 0 Å². The first-order chi connectivity index (χ1) is 9.11. The Morgan fingerprint density at radius 2 is 1.60 bits per heavy atom. The molecular formula is C12H18O8. The fourth-order valence-corrected chi connectivity index (χ4v) is 1.98. The lowest BCUT2D eigenvalue weighted by molar-refractivity contribution is -0.174. The largest absolute Gasteiger partial charge is 0.481 e. The van der Waals surface area contributed by atoms with Crippen LogP contribution >= 0.6 is 0 Å². The molecule has 0 aliphatic rings. The van der Waals surface area contributed by atoms with Crippen LogP contribution in [0.5, 0.6) is 0 Å². The molecule has 0 aromatic heterocycles. The Hall–Kier alpha value is -2.12. The second-order valence-electron chi connectivity index (χ2n) is 4.60. The number of ether oxygens (including phenoxy) is 2. The van der Waals surface area contributed by atoms with Gasteiger partial charge in [-0.05, 0) is 6.92 Å². The maximum atomic E-state index is 11.8. The van der Waals surface area contributed by atoms with Gasteiger partial charge in [0.1, 0.15) is 0 Å². The molecule has 3 unspecified atom stereocenters. The summed E-state index contributed by atoms with van der Waals surface area (Å²) in [5, 5.41) is 18.3. The normalized spacial score (nSPS) is 16.4. The molecule has 114 valence electrons. The maximum absolute atomic E-state index is 11.8. The molecule has 0 bridgehead atoms. The third-order valence-electron chi connectivity index (χ3n) is 3.26. The first-order valence-corrected chi connectivity index (χ1v) is 5.72. The van der Waals surface area contributed by atoms with Crippen LogP contribution in [0.2, 0.25) is 0 Å². The standard InChI is InChI=1S/C12H18O8/c1-6(9(14)15)8(10(16)20-4)12(2,11(17)18)5-7(13)19-3/h6,8H,5H2,1-4H3,(H,14,15)(H,17,18). The second kappa shape index (κ2) is 6.88. The van der Waals surface area contributed by atoms with Gasteiger partial charge in [-0.15, -0.1) is 0 Å². The topological polar surface area (TPSA) is 127 Å². The monoisotopic (exact) mass is 290 g/mol. The summed E-state index contributed by atoms with van der Waals surface area (Å²) in [6, 6.07) is 0. The summed E-state index contributed by atoms with van der Waals surface area (Å²) >= 11 is 0. The summed E-state index contributed by atoms with van der Waals surface area (Å²) in [6.07, 6.45) is -0.643.